The number of rotatable bonds is 6. The fraction of sp³-hybridized carbons (Fsp3) is 0.333. The molecule has 0 aliphatic carbocycles. The van der Waals surface area contributed by atoms with E-state index in [0.29, 0.717) is 36.3 Å². The largest absolute Gasteiger partial charge is 0.382 e. The second-order valence-electron chi connectivity index (χ2n) is 7.97. The lowest BCUT2D eigenvalue weighted by atomic mass is 9.89. The third-order valence-electron chi connectivity index (χ3n) is 6.19. The number of H-pyrrole nitrogens is 1. The van der Waals surface area contributed by atoms with Gasteiger partial charge in [-0.05, 0) is 54.9 Å². The molecule has 1 N–H and O–H groups in total. The molecule has 1 fully saturated rings. The molecule has 0 radical (unpaired) electrons. The first kappa shape index (κ1) is 20.5. The summed E-state index contributed by atoms with van der Waals surface area (Å²) in [5, 5.41) is 2.45. The van der Waals surface area contributed by atoms with E-state index in [2.05, 4.69) is 22.0 Å². The number of fused-ring (bicyclic) bond motifs is 4. The number of amides is 1. The van der Waals surface area contributed by atoms with Crippen LogP contribution in [0.15, 0.2) is 48.5 Å². The number of nitrogens with one attached hydrogen (secondary N) is 1. The monoisotopic (exact) mass is 453 g/mol. The van der Waals surface area contributed by atoms with Crippen LogP contribution < -0.4 is 0 Å². The zero-order chi connectivity index (χ0) is 21.5. The van der Waals surface area contributed by atoms with E-state index in [-0.39, 0.29) is 18.0 Å². The van der Waals surface area contributed by atoms with Crippen LogP contribution in [0.3, 0.4) is 0 Å². The average molecular weight is 454 g/mol. The van der Waals surface area contributed by atoms with Crippen molar-refractivity contribution in [2.45, 2.75) is 31.8 Å². The van der Waals surface area contributed by atoms with Crippen molar-refractivity contribution >= 4 is 45.7 Å². The molecule has 2 aliphatic rings. The lowest BCUT2D eigenvalue weighted by Crippen LogP contribution is -2.44. The number of aromatic amines is 1. The standard InChI is InChI=1S/C24H24ClN3O2S/c1-2-30-13-5-12-27-23(29)20-14-18-17-6-3-4-7-19(17)26-21(18)22(28(20)24(27)31)15-8-10-16(25)11-9-15/h3-4,6-11,20,22,26H,2,5,12-14H2,1H3/t20-,22-/m1/s1. The van der Waals surface area contributed by atoms with Gasteiger partial charge in [-0.3, -0.25) is 9.69 Å². The Morgan fingerprint density at radius 3 is 2.74 bits per heavy atom. The first-order valence-electron chi connectivity index (χ1n) is 10.7. The summed E-state index contributed by atoms with van der Waals surface area (Å²) < 4.78 is 5.46. The molecule has 0 unspecified atom stereocenters. The number of hydrogen-bond acceptors (Lipinski definition) is 3. The van der Waals surface area contributed by atoms with Gasteiger partial charge in [0, 0.05) is 47.8 Å². The minimum Gasteiger partial charge on any atom is -0.382 e. The Kier molecular flexibility index (Phi) is 5.46. The van der Waals surface area contributed by atoms with E-state index in [1.165, 1.54) is 10.9 Å². The Hall–Kier alpha value is -2.41. The number of benzene rings is 2. The zero-order valence-electron chi connectivity index (χ0n) is 17.3. The molecule has 2 aromatic carbocycles. The molecule has 1 saturated heterocycles. The van der Waals surface area contributed by atoms with Crippen LogP contribution in [0.25, 0.3) is 10.9 Å². The topological polar surface area (TPSA) is 48.6 Å². The van der Waals surface area contributed by atoms with Crippen molar-refractivity contribution in [1.29, 1.82) is 0 Å². The van der Waals surface area contributed by atoms with Gasteiger partial charge >= 0.3 is 0 Å². The number of carbonyl (C=O) groups is 1. The van der Waals surface area contributed by atoms with E-state index < -0.39 is 0 Å². The fourth-order valence-corrected chi connectivity index (χ4v) is 5.34. The number of halogens is 1. The van der Waals surface area contributed by atoms with Crippen LogP contribution in [0.4, 0.5) is 0 Å². The maximum atomic E-state index is 13.4. The van der Waals surface area contributed by atoms with Gasteiger partial charge in [-0.2, -0.15) is 0 Å². The molecule has 31 heavy (non-hydrogen) atoms. The van der Waals surface area contributed by atoms with Crippen molar-refractivity contribution in [3.05, 3.63) is 70.4 Å². The van der Waals surface area contributed by atoms with Gasteiger partial charge in [0.2, 0.25) is 0 Å². The van der Waals surface area contributed by atoms with Crippen molar-refractivity contribution in [1.82, 2.24) is 14.8 Å². The van der Waals surface area contributed by atoms with Crippen LogP contribution in [0, 0.1) is 0 Å². The summed E-state index contributed by atoms with van der Waals surface area (Å²) >= 11 is 12.0. The van der Waals surface area contributed by atoms with E-state index in [4.69, 9.17) is 28.6 Å². The number of ether oxygens (including phenoxy) is 1. The molecule has 5 nitrogen and oxygen atoms in total. The number of para-hydroxylation sites is 1. The highest BCUT2D eigenvalue weighted by Crippen LogP contribution is 2.44. The predicted octanol–water partition coefficient (Wildman–Crippen LogP) is 4.69. The van der Waals surface area contributed by atoms with Gasteiger partial charge < -0.3 is 14.6 Å². The van der Waals surface area contributed by atoms with Crippen LogP contribution in [-0.4, -0.2) is 51.6 Å². The summed E-state index contributed by atoms with van der Waals surface area (Å²) in [6.45, 7) is 3.85. The van der Waals surface area contributed by atoms with Gasteiger partial charge in [-0.15, -0.1) is 0 Å². The Labute approximate surface area is 191 Å². The van der Waals surface area contributed by atoms with Gasteiger partial charge in [-0.25, -0.2) is 0 Å². The molecule has 7 heteroatoms. The van der Waals surface area contributed by atoms with Crippen LogP contribution in [-0.2, 0) is 16.0 Å². The molecule has 3 aromatic rings. The van der Waals surface area contributed by atoms with Crippen LogP contribution in [0.5, 0.6) is 0 Å². The molecule has 0 spiro atoms. The van der Waals surface area contributed by atoms with Gasteiger partial charge in [0.05, 0.1) is 6.04 Å². The van der Waals surface area contributed by atoms with Crippen molar-refractivity contribution in [3.63, 3.8) is 0 Å². The SMILES string of the molecule is CCOCCCN1C(=O)[C@H]2Cc3c([nH]c4ccccc34)[C@@H](c3ccc(Cl)cc3)N2C1=S. The zero-order valence-corrected chi connectivity index (χ0v) is 18.9. The smallest absolute Gasteiger partial charge is 0.251 e. The molecule has 1 aromatic heterocycles. The summed E-state index contributed by atoms with van der Waals surface area (Å²) in [7, 11) is 0. The van der Waals surface area contributed by atoms with E-state index >= 15 is 0 Å². The van der Waals surface area contributed by atoms with Crippen molar-refractivity contribution in [3.8, 4) is 0 Å². The van der Waals surface area contributed by atoms with Crippen LogP contribution >= 0.6 is 23.8 Å². The number of aromatic nitrogens is 1. The number of hydrogen-bond donors (Lipinski definition) is 1. The highest BCUT2D eigenvalue weighted by Gasteiger charge is 2.50. The molecule has 160 valence electrons. The van der Waals surface area contributed by atoms with Gasteiger partial charge in [0.1, 0.15) is 6.04 Å². The predicted molar refractivity (Wildman–Crippen MR) is 126 cm³/mol. The summed E-state index contributed by atoms with van der Waals surface area (Å²) in [5.74, 6) is 0.0800. The maximum absolute atomic E-state index is 13.4. The number of nitrogens with zero attached hydrogens (tertiary/aromatic N) is 2. The Bertz CT molecular complexity index is 1140. The van der Waals surface area contributed by atoms with Crippen LogP contribution in [0.2, 0.25) is 5.02 Å². The average Bonchev–Trinajstić information content (AvgIpc) is 3.26. The van der Waals surface area contributed by atoms with Crippen molar-refractivity contribution < 1.29 is 9.53 Å². The normalized spacial score (nSPS) is 20.5. The minimum absolute atomic E-state index is 0.0800. The third kappa shape index (κ3) is 3.43. The Morgan fingerprint density at radius 2 is 1.97 bits per heavy atom. The van der Waals surface area contributed by atoms with E-state index in [9.17, 15) is 4.79 Å². The minimum atomic E-state index is -0.299. The molecule has 0 saturated carbocycles. The molecule has 1 amide bonds. The second kappa shape index (κ2) is 8.26. The fourth-order valence-electron chi connectivity index (χ4n) is 4.80. The van der Waals surface area contributed by atoms with Crippen molar-refractivity contribution in [2.75, 3.05) is 19.8 Å². The molecule has 2 atom stereocenters. The highest BCUT2D eigenvalue weighted by molar-refractivity contribution is 7.80. The molecule has 5 rings (SSSR count). The molecular weight excluding hydrogens is 430 g/mol. The van der Waals surface area contributed by atoms with Gasteiger partial charge in [0.15, 0.2) is 5.11 Å². The molecular formula is C24H24ClN3O2S. The first-order valence-corrected chi connectivity index (χ1v) is 11.4. The van der Waals surface area contributed by atoms with E-state index in [1.807, 2.05) is 43.3 Å². The molecule has 0 bridgehead atoms. The number of thiocarbonyl (C=S) groups is 1. The quantitative estimate of drug-likeness (QED) is 0.434. The summed E-state index contributed by atoms with van der Waals surface area (Å²) in [5.41, 5.74) is 4.45. The molecule has 2 aliphatic heterocycles. The second-order valence-corrected chi connectivity index (χ2v) is 8.77. The lowest BCUT2D eigenvalue weighted by molar-refractivity contribution is -0.128. The summed E-state index contributed by atoms with van der Waals surface area (Å²) in [6.07, 6.45) is 1.41. The van der Waals surface area contributed by atoms with Gasteiger partial charge in [0.25, 0.3) is 5.91 Å². The van der Waals surface area contributed by atoms with Crippen molar-refractivity contribution in [2.24, 2.45) is 0 Å². The Morgan fingerprint density at radius 1 is 1.19 bits per heavy atom. The lowest BCUT2D eigenvalue weighted by Gasteiger charge is -2.37. The Balaban J connectivity index is 1.58. The summed E-state index contributed by atoms with van der Waals surface area (Å²) in [4.78, 5) is 20.9. The van der Waals surface area contributed by atoms with Crippen LogP contribution in [0.1, 0.15) is 36.2 Å². The number of carbonyl (C=O) groups excluding carboxylic acids is 1. The first-order chi connectivity index (χ1) is 15.1. The maximum Gasteiger partial charge on any atom is 0.251 e. The van der Waals surface area contributed by atoms with Gasteiger partial charge in [-0.1, -0.05) is 41.9 Å². The third-order valence-corrected chi connectivity index (χ3v) is 6.88. The molecule has 3 heterocycles. The van der Waals surface area contributed by atoms with E-state index in [0.717, 1.165) is 23.2 Å². The summed E-state index contributed by atoms with van der Waals surface area (Å²) in [6, 6.07) is 15.6. The van der Waals surface area contributed by atoms with E-state index in [1.54, 1.807) is 4.90 Å². The highest BCUT2D eigenvalue weighted by atomic mass is 35.5.